The Morgan fingerprint density at radius 2 is 2.00 bits per heavy atom. The maximum absolute atomic E-state index is 13.1. The highest BCUT2D eigenvalue weighted by molar-refractivity contribution is 6.42. The number of ketones is 1. The van der Waals surface area contributed by atoms with Crippen LogP contribution >= 0.6 is 23.2 Å². The fourth-order valence-corrected chi connectivity index (χ4v) is 3.47. The summed E-state index contributed by atoms with van der Waals surface area (Å²) in [4.78, 5) is 26.6. The van der Waals surface area contributed by atoms with Gasteiger partial charge in [-0.2, -0.15) is 0 Å². The van der Waals surface area contributed by atoms with E-state index in [0.717, 1.165) is 12.8 Å². The second-order valence-electron chi connectivity index (χ2n) is 5.86. The van der Waals surface area contributed by atoms with Crippen LogP contribution in [0.5, 0.6) is 0 Å². The van der Waals surface area contributed by atoms with Gasteiger partial charge in [0.05, 0.1) is 22.1 Å². The smallest absolute Gasteiger partial charge is 0.409 e. The van der Waals surface area contributed by atoms with Gasteiger partial charge in [0, 0.05) is 18.7 Å². The number of likely N-dealkylation sites (tertiary alicyclic amines) is 1. The first kappa shape index (κ1) is 18.1. The number of halogens is 2. The Bertz CT molecular complexity index is 606. The SMILES string of the molecule is CCC[C@]1(C(=O)c2ccc(Cl)c(Cl)c2)CCN(C(=O)OCC)C1. The van der Waals surface area contributed by atoms with Gasteiger partial charge in [0.2, 0.25) is 0 Å². The van der Waals surface area contributed by atoms with Gasteiger partial charge in [-0.25, -0.2) is 4.79 Å². The molecule has 1 saturated heterocycles. The predicted molar refractivity (Wildman–Crippen MR) is 91.3 cm³/mol. The molecule has 0 spiro atoms. The number of carbonyl (C=O) groups is 2. The molecular weight excluding hydrogens is 337 g/mol. The van der Waals surface area contributed by atoms with Gasteiger partial charge in [0.1, 0.15) is 0 Å². The maximum Gasteiger partial charge on any atom is 0.409 e. The Hall–Kier alpha value is -1.26. The lowest BCUT2D eigenvalue weighted by molar-refractivity contribution is 0.0766. The molecule has 1 aliphatic rings. The van der Waals surface area contributed by atoms with Crippen molar-refractivity contribution in [1.82, 2.24) is 4.90 Å². The molecule has 1 fully saturated rings. The van der Waals surface area contributed by atoms with E-state index in [-0.39, 0.29) is 11.9 Å². The van der Waals surface area contributed by atoms with E-state index in [1.807, 2.05) is 6.92 Å². The van der Waals surface area contributed by atoms with Gasteiger partial charge in [0.15, 0.2) is 5.78 Å². The summed E-state index contributed by atoms with van der Waals surface area (Å²) in [5.41, 5.74) is -0.0304. The van der Waals surface area contributed by atoms with Gasteiger partial charge in [-0.3, -0.25) is 4.79 Å². The lowest BCUT2D eigenvalue weighted by atomic mass is 9.76. The van der Waals surface area contributed by atoms with Crippen molar-refractivity contribution < 1.29 is 14.3 Å². The first-order valence-electron chi connectivity index (χ1n) is 7.85. The monoisotopic (exact) mass is 357 g/mol. The highest BCUT2D eigenvalue weighted by atomic mass is 35.5. The minimum Gasteiger partial charge on any atom is -0.450 e. The molecular formula is C17H21Cl2NO3. The van der Waals surface area contributed by atoms with Crippen molar-refractivity contribution in [3.8, 4) is 0 Å². The Morgan fingerprint density at radius 3 is 2.61 bits per heavy atom. The van der Waals surface area contributed by atoms with Crippen LogP contribution in [0.15, 0.2) is 18.2 Å². The van der Waals surface area contributed by atoms with Gasteiger partial charge in [0.25, 0.3) is 0 Å². The van der Waals surface area contributed by atoms with Crippen LogP contribution in [0.4, 0.5) is 4.79 Å². The molecule has 0 bridgehead atoms. The Morgan fingerprint density at radius 1 is 1.26 bits per heavy atom. The number of ether oxygens (including phenoxy) is 1. The Balaban J connectivity index is 2.25. The van der Waals surface area contributed by atoms with Crippen molar-refractivity contribution in [3.05, 3.63) is 33.8 Å². The molecule has 1 atom stereocenters. The second-order valence-corrected chi connectivity index (χ2v) is 6.67. The summed E-state index contributed by atoms with van der Waals surface area (Å²) < 4.78 is 5.05. The third kappa shape index (κ3) is 3.81. The molecule has 6 heteroatoms. The molecule has 1 heterocycles. The second kappa shape index (κ2) is 7.54. The summed E-state index contributed by atoms with van der Waals surface area (Å²) in [6.07, 6.45) is 1.87. The predicted octanol–water partition coefficient (Wildman–Crippen LogP) is 4.82. The largest absolute Gasteiger partial charge is 0.450 e. The zero-order valence-corrected chi connectivity index (χ0v) is 14.9. The fraction of sp³-hybridized carbons (Fsp3) is 0.529. The standard InChI is InChI=1S/C17H21Cl2NO3/c1-3-7-17(8-9-20(11-17)16(22)23-4-2)15(21)12-5-6-13(18)14(19)10-12/h5-6,10H,3-4,7-9,11H2,1-2H3/t17-/m0/s1. The fourth-order valence-electron chi connectivity index (χ4n) is 3.17. The van der Waals surface area contributed by atoms with Gasteiger partial charge in [-0.05, 0) is 38.0 Å². The summed E-state index contributed by atoms with van der Waals surface area (Å²) in [5.74, 6) is 0.0183. The average Bonchev–Trinajstić information content (AvgIpc) is 2.95. The van der Waals surface area contributed by atoms with E-state index in [4.69, 9.17) is 27.9 Å². The first-order chi connectivity index (χ1) is 10.9. The number of benzene rings is 1. The first-order valence-corrected chi connectivity index (χ1v) is 8.60. The molecule has 0 aliphatic carbocycles. The van der Waals surface area contributed by atoms with Gasteiger partial charge in [-0.15, -0.1) is 0 Å². The Labute approximate surface area is 146 Å². The normalized spacial score (nSPS) is 20.6. The molecule has 1 amide bonds. The van der Waals surface area contributed by atoms with E-state index in [9.17, 15) is 9.59 Å². The van der Waals surface area contributed by atoms with Crippen LogP contribution in [-0.2, 0) is 4.74 Å². The molecule has 0 radical (unpaired) electrons. The zero-order valence-electron chi connectivity index (χ0n) is 13.4. The van der Waals surface area contributed by atoms with Crippen LogP contribution in [0, 0.1) is 5.41 Å². The van der Waals surface area contributed by atoms with E-state index in [1.54, 1.807) is 30.0 Å². The van der Waals surface area contributed by atoms with Gasteiger partial charge < -0.3 is 9.64 Å². The minimum absolute atomic E-state index is 0.0183. The summed E-state index contributed by atoms with van der Waals surface area (Å²) in [6, 6.07) is 4.94. The molecule has 0 unspecified atom stereocenters. The van der Waals surface area contributed by atoms with Crippen LogP contribution in [0.2, 0.25) is 10.0 Å². The van der Waals surface area contributed by atoms with E-state index in [0.29, 0.717) is 41.7 Å². The molecule has 1 aromatic rings. The summed E-state index contributed by atoms with van der Waals surface area (Å²) in [5, 5.41) is 0.789. The van der Waals surface area contributed by atoms with E-state index >= 15 is 0 Å². The molecule has 23 heavy (non-hydrogen) atoms. The molecule has 4 nitrogen and oxygen atoms in total. The van der Waals surface area contributed by atoms with Crippen LogP contribution in [0.1, 0.15) is 43.5 Å². The number of amides is 1. The van der Waals surface area contributed by atoms with Crippen molar-refractivity contribution in [1.29, 1.82) is 0 Å². The summed E-state index contributed by atoms with van der Waals surface area (Å²) in [6.45, 7) is 5.06. The zero-order chi connectivity index (χ0) is 17.0. The van der Waals surface area contributed by atoms with Crippen LogP contribution in [0.3, 0.4) is 0 Å². The molecule has 0 saturated carbocycles. The number of Topliss-reactive ketones (excluding diaryl/α,β-unsaturated/α-hetero) is 1. The van der Waals surface area contributed by atoms with E-state index in [1.165, 1.54) is 0 Å². The van der Waals surface area contributed by atoms with Gasteiger partial charge >= 0.3 is 6.09 Å². The van der Waals surface area contributed by atoms with E-state index < -0.39 is 5.41 Å². The third-order valence-corrected chi connectivity index (χ3v) is 5.01. The quantitative estimate of drug-likeness (QED) is 0.709. The molecule has 0 N–H and O–H groups in total. The molecule has 0 aromatic heterocycles. The number of hydrogen-bond acceptors (Lipinski definition) is 3. The molecule has 126 valence electrons. The van der Waals surface area contributed by atoms with Gasteiger partial charge in [-0.1, -0.05) is 36.5 Å². The van der Waals surface area contributed by atoms with Crippen molar-refractivity contribution >= 4 is 35.1 Å². The highest BCUT2D eigenvalue weighted by Gasteiger charge is 2.45. The lowest BCUT2D eigenvalue weighted by Crippen LogP contribution is -2.37. The van der Waals surface area contributed by atoms with Crippen molar-refractivity contribution in [2.24, 2.45) is 5.41 Å². The number of carbonyl (C=O) groups excluding carboxylic acids is 2. The molecule has 2 rings (SSSR count). The van der Waals surface area contributed by atoms with Crippen LogP contribution < -0.4 is 0 Å². The minimum atomic E-state index is -0.571. The van der Waals surface area contributed by atoms with Crippen molar-refractivity contribution in [2.45, 2.75) is 33.1 Å². The average molecular weight is 358 g/mol. The molecule has 1 aromatic carbocycles. The number of hydrogen-bond donors (Lipinski definition) is 0. The van der Waals surface area contributed by atoms with Crippen molar-refractivity contribution in [3.63, 3.8) is 0 Å². The van der Waals surface area contributed by atoms with Crippen LogP contribution in [-0.4, -0.2) is 36.5 Å². The summed E-state index contributed by atoms with van der Waals surface area (Å²) in [7, 11) is 0. The lowest BCUT2D eigenvalue weighted by Gasteiger charge is -2.27. The number of nitrogens with zero attached hydrogens (tertiary/aromatic N) is 1. The third-order valence-electron chi connectivity index (χ3n) is 4.27. The molecule has 1 aliphatic heterocycles. The van der Waals surface area contributed by atoms with E-state index in [2.05, 4.69) is 0 Å². The summed E-state index contributed by atoms with van der Waals surface area (Å²) >= 11 is 12.0. The van der Waals surface area contributed by atoms with Crippen LogP contribution in [0.25, 0.3) is 0 Å². The topological polar surface area (TPSA) is 46.6 Å². The van der Waals surface area contributed by atoms with Crippen molar-refractivity contribution in [2.75, 3.05) is 19.7 Å². The number of rotatable bonds is 5. The maximum atomic E-state index is 13.1. The Kier molecular flexibility index (Phi) is 5.93. The highest BCUT2D eigenvalue weighted by Crippen LogP contribution is 2.39.